The van der Waals surface area contributed by atoms with Crippen LogP contribution in [-0.2, 0) is 0 Å². The van der Waals surface area contributed by atoms with Crippen molar-refractivity contribution >= 4 is 22.6 Å². The van der Waals surface area contributed by atoms with Gasteiger partial charge in [0.25, 0.3) is 0 Å². The van der Waals surface area contributed by atoms with Gasteiger partial charge in [0.05, 0.1) is 0 Å². The zero-order valence-electron chi connectivity index (χ0n) is 13.3. The van der Waals surface area contributed by atoms with E-state index in [1.54, 1.807) is 51.4 Å². The van der Waals surface area contributed by atoms with Crippen molar-refractivity contribution in [3.05, 3.63) is 0 Å². The summed E-state index contributed by atoms with van der Waals surface area (Å²) in [4.78, 5) is 0. The second-order valence-corrected chi connectivity index (χ2v) is 9.97. The highest BCUT2D eigenvalue weighted by Gasteiger charge is 2.33. The quantitative estimate of drug-likeness (QED) is 0.369. The molecule has 3 fully saturated rings. The molecule has 20 heavy (non-hydrogen) atoms. The Morgan fingerprint density at radius 2 is 0.800 bits per heavy atom. The summed E-state index contributed by atoms with van der Waals surface area (Å²) in [5.74, 6) is 5.45. The first-order valence-electron chi connectivity index (χ1n) is 9.36. The van der Waals surface area contributed by atoms with E-state index in [1.165, 1.54) is 25.7 Å². The van der Waals surface area contributed by atoms with Gasteiger partial charge in [-0.3, -0.25) is 0 Å². The lowest BCUT2D eigenvalue weighted by Crippen LogP contribution is -2.29. The molecule has 0 bridgehead atoms. The van der Waals surface area contributed by atoms with Gasteiger partial charge in [0.1, 0.15) is 0 Å². The summed E-state index contributed by atoms with van der Waals surface area (Å²) in [7, 11) is 0. The van der Waals surface area contributed by atoms with Crippen molar-refractivity contribution < 1.29 is 0 Å². The minimum absolute atomic E-state index is 0.990. The normalized spacial score (nSPS) is 47.1. The topological polar surface area (TPSA) is 0 Å². The molecule has 0 atom stereocenters. The fourth-order valence-electron chi connectivity index (χ4n) is 5.39. The lowest BCUT2D eigenvalue weighted by atomic mass is 9.66. The van der Waals surface area contributed by atoms with Crippen molar-refractivity contribution in [2.45, 2.75) is 87.9 Å². The van der Waals surface area contributed by atoms with Crippen molar-refractivity contribution in [3.8, 4) is 0 Å². The Kier molecular flexibility index (Phi) is 5.72. The number of hydrogen-bond donors (Lipinski definition) is 0. The van der Waals surface area contributed by atoms with Gasteiger partial charge in [-0.05, 0) is 93.8 Å². The zero-order chi connectivity index (χ0) is 13.9. The van der Waals surface area contributed by atoms with Crippen molar-refractivity contribution in [2.75, 3.05) is 0 Å². The average molecular weight is 388 g/mol. The van der Waals surface area contributed by atoms with Crippen molar-refractivity contribution in [1.29, 1.82) is 0 Å². The fraction of sp³-hybridized carbons (Fsp3) is 1.00. The summed E-state index contributed by atoms with van der Waals surface area (Å²) in [6, 6.07) is 0. The van der Waals surface area contributed by atoms with Crippen LogP contribution < -0.4 is 0 Å². The summed E-state index contributed by atoms with van der Waals surface area (Å²) in [6.45, 7) is 2.45. The first kappa shape index (κ1) is 15.6. The summed E-state index contributed by atoms with van der Waals surface area (Å²) in [5, 5.41) is 0. The van der Waals surface area contributed by atoms with Crippen LogP contribution in [0.3, 0.4) is 0 Å². The lowest BCUT2D eigenvalue weighted by Gasteiger charge is -2.40. The third-order valence-corrected chi connectivity index (χ3v) is 8.16. The van der Waals surface area contributed by atoms with Crippen LogP contribution in [0.25, 0.3) is 0 Å². The monoisotopic (exact) mass is 388 g/mol. The summed E-state index contributed by atoms with van der Waals surface area (Å²) in [5.41, 5.74) is 0. The van der Waals surface area contributed by atoms with E-state index < -0.39 is 0 Å². The second kappa shape index (κ2) is 7.33. The molecule has 0 unspecified atom stereocenters. The van der Waals surface area contributed by atoms with Gasteiger partial charge in [-0.25, -0.2) is 0 Å². The van der Waals surface area contributed by atoms with Crippen LogP contribution in [-0.4, -0.2) is 3.92 Å². The van der Waals surface area contributed by atoms with E-state index in [2.05, 4.69) is 29.5 Å². The molecule has 0 amide bonds. The van der Waals surface area contributed by atoms with Crippen molar-refractivity contribution in [2.24, 2.45) is 29.6 Å². The molecular formula is C19H33I. The Hall–Kier alpha value is 0.730. The molecule has 3 saturated carbocycles. The van der Waals surface area contributed by atoms with Gasteiger partial charge in [-0.1, -0.05) is 42.4 Å². The molecule has 0 aromatic carbocycles. The van der Waals surface area contributed by atoms with Crippen LogP contribution in [0.2, 0.25) is 0 Å². The first-order chi connectivity index (χ1) is 9.72. The highest BCUT2D eigenvalue weighted by Crippen LogP contribution is 2.45. The maximum absolute atomic E-state index is 2.67. The smallest absolute Gasteiger partial charge is 0.0110 e. The molecule has 0 aromatic heterocycles. The molecule has 3 rings (SSSR count). The van der Waals surface area contributed by atoms with Crippen molar-refractivity contribution in [1.82, 2.24) is 0 Å². The van der Waals surface area contributed by atoms with Gasteiger partial charge in [-0.2, -0.15) is 0 Å². The fourth-order valence-corrected chi connectivity index (χ4v) is 6.11. The summed E-state index contributed by atoms with van der Waals surface area (Å²) in [6.07, 6.45) is 18.6. The predicted octanol–water partition coefficient (Wildman–Crippen LogP) is 6.61. The molecule has 0 spiro atoms. The molecule has 0 nitrogen and oxygen atoms in total. The summed E-state index contributed by atoms with van der Waals surface area (Å²) >= 11 is 2.67. The van der Waals surface area contributed by atoms with Gasteiger partial charge in [0.15, 0.2) is 0 Å². The Bertz CT molecular complexity index is 246. The van der Waals surface area contributed by atoms with Crippen LogP contribution in [0, 0.1) is 29.6 Å². The Morgan fingerprint density at radius 3 is 1.20 bits per heavy atom. The van der Waals surface area contributed by atoms with Gasteiger partial charge >= 0.3 is 0 Å². The molecule has 0 heterocycles. The van der Waals surface area contributed by atoms with E-state index in [0.29, 0.717) is 0 Å². The third-order valence-electron chi connectivity index (χ3n) is 6.91. The molecule has 0 aromatic rings. The molecular weight excluding hydrogens is 355 g/mol. The molecule has 3 aliphatic rings. The average Bonchev–Trinajstić information content (AvgIpc) is 2.49. The third kappa shape index (κ3) is 3.93. The van der Waals surface area contributed by atoms with Crippen molar-refractivity contribution in [3.63, 3.8) is 0 Å². The highest BCUT2D eigenvalue weighted by atomic mass is 127. The highest BCUT2D eigenvalue weighted by molar-refractivity contribution is 14.1. The Morgan fingerprint density at radius 1 is 0.500 bits per heavy atom. The minimum atomic E-state index is 0.990. The number of hydrogen-bond acceptors (Lipinski definition) is 0. The van der Waals surface area contributed by atoms with Gasteiger partial charge in [0.2, 0.25) is 0 Å². The minimum Gasteiger partial charge on any atom is -0.0826 e. The zero-order valence-corrected chi connectivity index (χ0v) is 15.5. The van der Waals surface area contributed by atoms with Gasteiger partial charge in [-0.15, -0.1) is 0 Å². The number of alkyl halides is 1. The van der Waals surface area contributed by atoms with E-state index in [0.717, 1.165) is 33.5 Å². The van der Waals surface area contributed by atoms with Gasteiger partial charge in [0, 0.05) is 3.92 Å². The standard InChI is InChI=1S/C19H33I/c1-14-2-4-15(5-3-14)16-6-8-17(9-7-16)18-10-12-19(20)13-11-18/h14-19H,2-13H2,1H3. The Labute approximate surface area is 140 Å². The number of rotatable bonds is 2. The lowest BCUT2D eigenvalue weighted by molar-refractivity contribution is 0.116. The maximum Gasteiger partial charge on any atom is 0.0110 e. The first-order valence-corrected chi connectivity index (χ1v) is 10.6. The van der Waals surface area contributed by atoms with Gasteiger partial charge < -0.3 is 0 Å². The molecule has 0 saturated heterocycles. The summed E-state index contributed by atoms with van der Waals surface area (Å²) < 4.78 is 0.990. The van der Waals surface area contributed by atoms with E-state index in [4.69, 9.17) is 0 Å². The van der Waals surface area contributed by atoms with E-state index in [9.17, 15) is 0 Å². The van der Waals surface area contributed by atoms with Crippen LogP contribution in [0.15, 0.2) is 0 Å². The second-order valence-electron chi connectivity index (χ2n) is 8.21. The van der Waals surface area contributed by atoms with Crippen LogP contribution in [0.4, 0.5) is 0 Å². The van der Waals surface area contributed by atoms with Crippen LogP contribution in [0.5, 0.6) is 0 Å². The SMILES string of the molecule is CC1CCC(C2CCC(C3CCC(I)CC3)CC2)CC1. The van der Waals surface area contributed by atoms with E-state index in [1.807, 2.05) is 0 Å². The molecule has 1 heteroatoms. The van der Waals surface area contributed by atoms with E-state index in [-0.39, 0.29) is 0 Å². The van der Waals surface area contributed by atoms with Crippen LogP contribution in [0.1, 0.15) is 84.0 Å². The number of halogens is 1. The molecule has 0 aliphatic heterocycles. The maximum atomic E-state index is 2.67. The molecule has 0 radical (unpaired) electrons. The molecule has 3 aliphatic carbocycles. The Balaban J connectivity index is 1.42. The molecule has 116 valence electrons. The van der Waals surface area contributed by atoms with E-state index >= 15 is 0 Å². The molecule has 0 N–H and O–H groups in total. The predicted molar refractivity (Wildman–Crippen MR) is 96.3 cm³/mol. The van der Waals surface area contributed by atoms with Crippen LogP contribution >= 0.6 is 22.6 Å². The largest absolute Gasteiger partial charge is 0.0826 e.